The Bertz CT molecular complexity index is 623. The molecule has 1 fully saturated rings. The van der Waals surface area contributed by atoms with Crippen molar-refractivity contribution < 1.29 is 4.74 Å². The van der Waals surface area contributed by atoms with Crippen LogP contribution >= 0.6 is 0 Å². The van der Waals surface area contributed by atoms with E-state index in [0.29, 0.717) is 6.04 Å². The van der Waals surface area contributed by atoms with Gasteiger partial charge in [-0.25, -0.2) is 9.97 Å². The molecule has 23 heavy (non-hydrogen) atoms. The van der Waals surface area contributed by atoms with Crippen molar-refractivity contribution in [2.24, 2.45) is 0 Å². The van der Waals surface area contributed by atoms with Gasteiger partial charge in [0.25, 0.3) is 0 Å². The van der Waals surface area contributed by atoms with Crippen molar-refractivity contribution in [2.75, 3.05) is 38.2 Å². The molecule has 5 heteroatoms. The fourth-order valence-electron chi connectivity index (χ4n) is 2.86. The molecule has 1 aromatic heterocycles. The molecule has 1 saturated heterocycles. The quantitative estimate of drug-likeness (QED) is 0.920. The van der Waals surface area contributed by atoms with Crippen LogP contribution in [0.5, 0.6) is 0 Å². The summed E-state index contributed by atoms with van der Waals surface area (Å²) in [6.45, 7) is 8.81. The number of hydrogen-bond acceptors (Lipinski definition) is 5. The number of aromatic nitrogens is 2. The highest BCUT2D eigenvalue weighted by Crippen LogP contribution is 2.24. The van der Waals surface area contributed by atoms with Gasteiger partial charge in [0.2, 0.25) is 0 Å². The molecule has 2 heterocycles. The lowest BCUT2D eigenvalue weighted by molar-refractivity contribution is 0.0198. The molecular formula is C18H24N4O. The van der Waals surface area contributed by atoms with Gasteiger partial charge in [-0.15, -0.1) is 0 Å². The zero-order valence-corrected chi connectivity index (χ0v) is 13.8. The number of hydrogen-bond donors (Lipinski definition) is 1. The normalized spacial score (nSPS) is 17.0. The van der Waals surface area contributed by atoms with E-state index in [1.807, 2.05) is 6.07 Å². The highest BCUT2D eigenvalue weighted by Gasteiger charge is 2.18. The Labute approximate surface area is 137 Å². The van der Waals surface area contributed by atoms with Gasteiger partial charge in [-0.1, -0.05) is 24.3 Å². The van der Waals surface area contributed by atoms with E-state index in [-0.39, 0.29) is 0 Å². The van der Waals surface area contributed by atoms with Crippen molar-refractivity contribution in [3.63, 3.8) is 0 Å². The molecular weight excluding hydrogens is 288 g/mol. The topological polar surface area (TPSA) is 50.3 Å². The van der Waals surface area contributed by atoms with Crippen LogP contribution in [0.25, 0.3) is 11.4 Å². The number of ether oxygens (including phenoxy) is 1. The minimum atomic E-state index is 0.405. The van der Waals surface area contributed by atoms with E-state index in [4.69, 9.17) is 4.74 Å². The van der Waals surface area contributed by atoms with Crippen molar-refractivity contribution >= 4 is 5.82 Å². The molecule has 1 aromatic carbocycles. The fraction of sp³-hybridized carbons (Fsp3) is 0.444. The van der Waals surface area contributed by atoms with E-state index in [1.54, 1.807) is 6.20 Å². The van der Waals surface area contributed by atoms with Crippen molar-refractivity contribution in [3.8, 4) is 11.4 Å². The Morgan fingerprint density at radius 1 is 1.17 bits per heavy atom. The molecule has 1 aliphatic heterocycles. The second-order valence-electron chi connectivity index (χ2n) is 5.74. The third-order valence-corrected chi connectivity index (χ3v) is 4.26. The van der Waals surface area contributed by atoms with E-state index >= 15 is 0 Å². The second kappa shape index (κ2) is 7.53. The summed E-state index contributed by atoms with van der Waals surface area (Å²) in [5, 5.41) is 3.22. The SMILES string of the molecule is CCNc1ccnc(-c2ccc([C@H](C)N3CCOCC3)cc2)n1. The van der Waals surface area contributed by atoms with Gasteiger partial charge in [-0.05, 0) is 25.5 Å². The van der Waals surface area contributed by atoms with Crippen LogP contribution in [0.4, 0.5) is 5.82 Å². The Morgan fingerprint density at radius 3 is 2.61 bits per heavy atom. The predicted molar refractivity (Wildman–Crippen MR) is 92.4 cm³/mol. The van der Waals surface area contributed by atoms with Crippen molar-refractivity contribution in [1.29, 1.82) is 0 Å². The van der Waals surface area contributed by atoms with Crippen LogP contribution in [-0.4, -0.2) is 47.7 Å². The van der Waals surface area contributed by atoms with Gasteiger partial charge in [-0.2, -0.15) is 0 Å². The third kappa shape index (κ3) is 3.86. The van der Waals surface area contributed by atoms with Crippen LogP contribution in [0.3, 0.4) is 0 Å². The lowest BCUT2D eigenvalue weighted by atomic mass is 10.0. The predicted octanol–water partition coefficient (Wildman–Crippen LogP) is 2.97. The maximum Gasteiger partial charge on any atom is 0.161 e. The molecule has 0 bridgehead atoms. The van der Waals surface area contributed by atoms with Gasteiger partial charge >= 0.3 is 0 Å². The van der Waals surface area contributed by atoms with E-state index < -0.39 is 0 Å². The maximum absolute atomic E-state index is 5.43. The minimum absolute atomic E-state index is 0.405. The van der Waals surface area contributed by atoms with Crippen LogP contribution in [-0.2, 0) is 4.74 Å². The highest BCUT2D eigenvalue weighted by molar-refractivity contribution is 5.57. The maximum atomic E-state index is 5.43. The standard InChI is InChI=1S/C18H24N4O/c1-3-19-17-8-9-20-18(21-17)16-6-4-15(5-7-16)14(2)22-10-12-23-13-11-22/h4-9,14H,3,10-13H2,1-2H3,(H,19,20,21)/t14-/m0/s1. The highest BCUT2D eigenvalue weighted by atomic mass is 16.5. The second-order valence-corrected chi connectivity index (χ2v) is 5.74. The summed E-state index contributed by atoms with van der Waals surface area (Å²) in [5.74, 6) is 1.62. The molecule has 3 rings (SSSR count). The zero-order chi connectivity index (χ0) is 16.1. The first-order valence-corrected chi connectivity index (χ1v) is 8.27. The first-order chi connectivity index (χ1) is 11.3. The van der Waals surface area contributed by atoms with Gasteiger partial charge < -0.3 is 10.1 Å². The van der Waals surface area contributed by atoms with Crippen LogP contribution in [0.15, 0.2) is 36.5 Å². The number of anilines is 1. The van der Waals surface area contributed by atoms with Crippen molar-refractivity contribution in [1.82, 2.24) is 14.9 Å². The average molecular weight is 312 g/mol. The van der Waals surface area contributed by atoms with Gasteiger partial charge in [0.05, 0.1) is 13.2 Å². The van der Waals surface area contributed by atoms with E-state index in [0.717, 1.165) is 50.1 Å². The van der Waals surface area contributed by atoms with Gasteiger partial charge in [0.1, 0.15) is 5.82 Å². The van der Waals surface area contributed by atoms with Gasteiger partial charge in [-0.3, -0.25) is 4.90 Å². The summed E-state index contributed by atoms with van der Waals surface area (Å²) >= 11 is 0. The number of nitrogens with zero attached hydrogens (tertiary/aromatic N) is 3. The van der Waals surface area contributed by atoms with Crippen molar-refractivity contribution in [2.45, 2.75) is 19.9 Å². The first kappa shape index (κ1) is 15.9. The molecule has 0 saturated carbocycles. The molecule has 1 aliphatic rings. The Morgan fingerprint density at radius 2 is 1.91 bits per heavy atom. The lowest BCUT2D eigenvalue weighted by Gasteiger charge is -2.32. The van der Waals surface area contributed by atoms with Crippen LogP contribution in [0, 0.1) is 0 Å². The summed E-state index contributed by atoms with van der Waals surface area (Å²) < 4.78 is 5.43. The number of benzene rings is 1. The molecule has 122 valence electrons. The monoisotopic (exact) mass is 312 g/mol. The molecule has 2 aromatic rings. The molecule has 0 aliphatic carbocycles. The van der Waals surface area contributed by atoms with Crippen LogP contribution in [0.2, 0.25) is 0 Å². The largest absolute Gasteiger partial charge is 0.379 e. The van der Waals surface area contributed by atoms with Crippen LogP contribution < -0.4 is 5.32 Å². The smallest absolute Gasteiger partial charge is 0.161 e. The lowest BCUT2D eigenvalue weighted by Crippen LogP contribution is -2.37. The van der Waals surface area contributed by atoms with Crippen molar-refractivity contribution in [3.05, 3.63) is 42.1 Å². The summed E-state index contributed by atoms with van der Waals surface area (Å²) in [4.78, 5) is 11.4. The van der Waals surface area contributed by atoms with Crippen LogP contribution in [0.1, 0.15) is 25.5 Å². The van der Waals surface area contributed by atoms with E-state index in [1.165, 1.54) is 5.56 Å². The molecule has 0 unspecified atom stereocenters. The summed E-state index contributed by atoms with van der Waals surface area (Å²) in [5.41, 5.74) is 2.36. The number of morpholine rings is 1. The molecule has 1 N–H and O–H groups in total. The molecule has 0 radical (unpaired) electrons. The first-order valence-electron chi connectivity index (χ1n) is 8.27. The third-order valence-electron chi connectivity index (χ3n) is 4.26. The summed E-state index contributed by atoms with van der Waals surface area (Å²) in [6.07, 6.45) is 1.80. The zero-order valence-electron chi connectivity index (χ0n) is 13.8. The summed E-state index contributed by atoms with van der Waals surface area (Å²) in [7, 11) is 0. The Balaban J connectivity index is 1.74. The number of nitrogens with one attached hydrogen (secondary N) is 1. The van der Waals surface area contributed by atoms with E-state index in [9.17, 15) is 0 Å². The Kier molecular flexibility index (Phi) is 5.20. The molecule has 5 nitrogen and oxygen atoms in total. The number of rotatable bonds is 5. The van der Waals surface area contributed by atoms with Gasteiger partial charge in [0, 0.05) is 37.4 Å². The Hall–Kier alpha value is -1.98. The fourth-order valence-corrected chi connectivity index (χ4v) is 2.86. The molecule has 0 spiro atoms. The molecule has 1 atom stereocenters. The average Bonchev–Trinajstić information content (AvgIpc) is 2.62. The van der Waals surface area contributed by atoms with E-state index in [2.05, 4.69) is 58.3 Å². The molecule has 0 amide bonds. The van der Waals surface area contributed by atoms with Gasteiger partial charge in [0.15, 0.2) is 5.82 Å². The summed E-state index contributed by atoms with van der Waals surface area (Å²) in [6, 6.07) is 10.9. The minimum Gasteiger partial charge on any atom is -0.379 e.